The van der Waals surface area contributed by atoms with Crippen LogP contribution in [0.3, 0.4) is 0 Å². The quantitative estimate of drug-likeness (QED) is 0.208. The van der Waals surface area contributed by atoms with Crippen LogP contribution in [0, 0.1) is 0 Å². The molecule has 6 atom stereocenters. The molecule has 4 aromatic rings. The lowest BCUT2D eigenvalue weighted by Crippen LogP contribution is -2.50. The van der Waals surface area contributed by atoms with Crippen LogP contribution >= 0.6 is 15.9 Å². The van der Waals surface area contributed by atoms with Crippen LogP contribution in [-0.2, 0) is 38.8 Å². The van der Waals surface area contributed by atoms with Crippen LogP contribution in [-0.4, -0.2) is 53.6 Å². The smallest absolute Gasteiger partial charge is 0.229 e. The maximum atomic E-state index is 11.5. The zero-order valence-corrected chi connectivity index (χ0v) is 24.7. The molecular weight excluding hydrogens is 600 g/mol. The van der Waals surface area contributed by atoms with Crippen LogP contribution in [0.1, 0.15) is 16.7 Å². The van der Waals surface area contributed by atoms with E-state index < -0.39 is 36.8 Å². The van der Waals surface area contributed by atoms with E-state index in [-0.39, 0.29) is 19.8 Å². The second kappa shape index (κ2) is 15.4. The van der Waals surface area contributed by atoms with E-state index in [2.05, 4.69) is 15.9 Å². The fourth-order valence-corrected chi connectivity index (χ4v) is 5.03. The first-order valence-corrected chi connectivity index (χ1v) is 14.7. The van der Waals surface area contributed by atoms with Gasteiger partial charge in [0.25, 0.3) is 0 Å². The maximum absolute atomic E-state index is 11.5. The lowest BCUT2D eigenvalue weighted by atomic mass is 10.00. The molecule has 0 unspecified atom stereocenters. The first-order valence-electron chi connectivity index (χ1n) is 13.9. The molecule has 8 heteroatoms. The topological polar surface area (TPSA) is 86.6 Å². The van der Waals surface area contributed by atoms with Gasteiger partial charge in [-0.1, -0.05) is 107 Å². The van der Waals surface area contributed by atoms with Gasteiger partial charge in [-0.3, -0.25) is 0 Å². The highest BCUT2D eigenvalue weighted by atomic mass is 79.9. The van der Waals surface area contributed by atoms with Crippen molar-refractivity contribution in [3.8, 4) is 5.75 Å². The summed E-state index contributed by atoms with van der Waals surface area (Å²) < 4.78 is 32.2. The minimum Gasteiger partial charge on any atom is -0.462 e. The average molecular weight is 636 g/mol. The van der Waals surface area contributed by atoms with Gasteiger partial charge < -0.3 is 33.9 Å². The summed E-state index contributed by atoms with van der Waals surface area (Å²) in [6.07, 6.45) is -6.52. The Morgan fingerprint density at radius 3 is 1.64 bits per heavy atom. The number of aliphatic hydroxyl groups excluding tert-OH is 2. The number of benzene rings is 4. The molecule has 1 aliphatic heterocycles. The first-order chi connectivity index (χ1) is 20.6. The number of rotatable bonds is 12. The van der Waals surface area contributed by atoms with Gasteiger partial charge in [0.2, 0.25) is 6.29 Å². The van der Waals surface area contributed by atoms with Gasteiger partial charge in [0.15, 0.2) is 0 Å². The van der Waals surface area contributed by atoms with E-state index in [1.165, 1.54) is 0 Å². The van der Waals surface area contributed by atoms with Crippen LogP contribution < -0.4 is 4.74 Å². The molecule has 1 saturated heterocycles. The second-order valence-corrected chi connectivity index (χ2v) is 11.0. The molecular formula is C34H35BrO7. The normalized spacial score (nSPS) is 24.2. The van der Waals surface area contributed by atoms with Crippen molar-refractivity contribution in [2.75, 3.05) is 6.61 Å². The van der Waals surface area contributed by atoms with Crippen molar-refractivity contribution in [2.24, 2.45) is 0 Å². The Hall–Kier alpha value is -3.08. The molecule has 0 aromatic heterocycles. The lowest BCUT2D eigenvalue weighted by molar-refractivity contribution is -0.206. The van der Waals surface area contributed by atoms with E-state index in [4.69, 9.17) is 23.7 Å². The monoisotopic (exact) mass is 634 g/mol. The van der Waals surface area contributed by atoms with Crippen LogP contribution in [0.4, 0.5) is 0 Å². The summed E-state index contributed by atoms with van der Waals surface area (Å²) in [6.45, 7) is 0.913. The van der Waals surface area contributed by atoms with Gasteiger partial charge in [0, 0.05) is 4.47 Å². The number of hydrogen-bond donors (Lipinski definition) is 2. The fraction of sp³-hybridized carbons (Fsp3) is 0.294. The Morgan fingerprint density at radius 1 is 0.595 bits per heavy atom. The molecule has 4 aromatic carbocycles. The standard InChI is InChI=1S/C34H35BrO7/c35-27-16-18-28(19-17-27)41-34-31(37)30(36)33(40-22-26-14-8-3-9-15-26)32(39-21-25-12-6-2-7-13-25)29(42-34)23-38-20-24-10-4-1-5-11-24/h1-19,29-34,36-37H,20-23H2/t29-,30-,31+,32-,33-,34-/m1/s1. The largest absolute Gasteiger partial charge is 0.462 e. The van der Waals surface area contributed by atoms with Crippen molar-refractivity contribution in [3.63, 3.8) is 0 Å². The summed E-state index contributed by atoms with van der Waals surface area (Å²) in [5.41, 5.74) is 2.88. The zero-order valence-electron chi connectivity index (χ0n) is 23.1. The van der Waals surface area contributed by atoms with Crippen molar-refractivity contribution >= 4 is 15.9 Å². The van der Waals surface area contributed by atoms with E-state index in [9.17, 15) is 10.2 Å². The van der Waals surface area contributed by atoms with Gasteiger partial charge in [-0.05, 0) is 41.0 Å². The molecule has 0 amide bonds. The van der Waals surface area contributed by atoms with Gasteiger partial charge in [0.1, 0.15) is 36.3 Å². The Kier molecular flexibility index (Phi) is 11.1. The predicted molar refractivity (Wildman–Crippen MR) is 162 cm³/mol. The van der Waals surface area contributed by atoms with E-state index in [0.717, 1.165) is 21.2 Å². The zero-order chi connectivity index (χ0) is 29.1. The first kappa shape index (κ1) is 30.4. The van der Waals surface area contributed by atoms with Gasteiger partial charge >= 0.3 is 0 Å². The highest BCUT2D eigenvalue weighted by molar-refractivity contribution is 9.10. The van der Waals surface area contributed by atoms with Crippen LogP contribution in [0.5, 0.6) is 5.75 Å². The van der Waals surface area contributed by atoms with Crippen molar-refractivity contribution < 1.29 is 33.9 Å². The molecule has 0 radical (unpaired) electrons. The minimum absolute atomic E-state index is 0.110. The molecule has 2 N–H and O–H groups in total. The van der Waals surface area contributed by atoms with Gasteiger partial charge in [-0.2, -0.15) is 0 Å². The van der Waals surface area contributed by atoms with Crippen molar-refractivity contribution in [1.29, 1.82) is 0 Å². The third kappa shape index (κ3) is 8.49. The van der Waals surface area contributed by atoms with Crippen molar-refractivity contribution in [2.45, 2.75) is 56.6 Å². The molecule has 0 saturated carbocycles. The summed E-state index contributed by atoms with van der Waals surface area (Å²) in [6, 6.07) is 36.4. The van der Waals surface area contributed by atoms with Gasteiger partial charge in [-0.15, -0.1) is 0 Å². The van der Waals surface area contributed by atoms with Gasteiger partial charge in [-0.25, -0.2) is 0 Å². The summed E-state index contributed by atoms with van der Waals surface area (Å²) in [5, 5.41) is 22.9. The van der Waals surface area contributed by atoms with Crippen LogP contribution in [0.15, 0.2) is 120 Å². The molecule has 0 bridgehead atoms. The molecule has 1 heterocycles. The Morgan fingerprint density at radius 2 is 1.10 bits per heavy atom. The predicted octanol–water partition coefficient (Wildman–Crippen LogP) is 5.66. The molecule has 0 spiro atoms. The van der Waals surface area contributed by atoms with Crippen LogP contribution in [0.25, 0.3) is 0 Å². The molecule has 220 valence electrons. The summed E-state index contributed by atoms with van der Waals surface area (Å²) in [4.78, 5) is 0. The summed E-state index contributed by atoms with van der Waals surface area (Å²) in [5.74, 6) is 0.476. The Balaban J connectivity index is 1.42. The van der Waals surface area contributed by atoms with E-state index in [1.54, 1.807) is 12.1 Å². The maximum Gasteiger partial charge on any atom is 0.229 e. The molecule has 0 aliphatic carbocycles. The number of halogens is 1. The van der Waals surface area contributed by atoms with E-state index >= 15 is 0 Å². The molecule has 1 fully saturated rings. The number of ether oxygens (including phenoxy) is 5. The van der Waals surface area contributed by atoms with Crippen molar-refractivity contribution in [3.05, 3.63) is 136 Å². The molecule has 7 nitrogen and oxygen atoms in total. The van der Waals surface area contributed by atoms with E-state index in [1.807, 2.05) is 103 Å². The molecule has 5 rings (SSSR count). The highest BCUT2D eigenvalue weighted by Gasteiger charge is 2.48. The lowest BCUT2D eigenvalue weighted by Gasteiger charge is -2.33. The van der Waals surface area contributed by atoms with E-state index in [0.29, 0.717) is 12.4 Å². The summed E-state index contributed by atoms with van der Waals surface area (Å²) >= 11 is 3.42. The highest BCUT2D eigenvalue weighted by Crippen LogP contribution is 2.30. The van der Waals surface area contributed by atoms with Crippen LogP contribution in [0.2, 0.25) is 0 Å². The third-order valence-corrected chi connectivity index (χ3v) is 7.52. The number of aliphatic hydroxyl groups is 2. The summed E-state index contributed by atoms with van der Waals surface area (Å²) in [7, 11) is 0. The fourth-order valence-electron chi connectivity index (χ4n) is 4.77. The van der Waals surface area contributed by atoms with Gasteiger partial charge in [0.05, 0.1) is 26.4 Å². The molecule has 1 aliphatic rings. The Bertz CT molecular complexity index is 1320. The second-order valence-electron chi connectivity index (χ2n) is 10.1. The third-order valence-electron chi connectivity index (χ3n) is 6.99. The number of hydrogen-bond acceptors (Lipinski definition) is 7. The molecule has 42 heavy (non-hydrogen) atoms. The SMILES string of the molecule is O[C@@H]1[C@H](Oc2ccc(Br)cc2)O[C@H](COCc2ccccc2)[C@@H](OCc2ccccc2)[C@H](OCc2ccccc2)[C@@H]1O. The average Bonchev–Trinajstić information content (AvgIpc) is 3.12. The van der Waals surface area contributed by atoms with Crippen molar-refractivity contribution in [1.82, 2.24) is 0 Å². The minimum atomic E-state index is -1.43. The Labute approximate surface area is 254 Å².